The number of carbonyl (C=O) groups is 1. The first-order chi connectivity index (χ1) is 11.7. The minimum atomic E-state index is -0.378. The molecule has 0 fully saturated rings. The number of pyridine rings is 1. The van der Waals surface area contributed by atoms with Crippen molar-refractivity contribution in [1.29, 1.82) is 0 Å². The number of hydrogen-bond acceptors (Lipinski definition) is 5. The number of benzene rings is 1. The van der Waals surface area contributed by atoms with Gasteiger partial charge in [0.2, 0.25) is 0 Å². The normalized spacial score (nSPS) is 10.8. The highest BCUT2D eigenvalue weighted by molar-refractivity contribution is 9.10. The number of fused-ring (bicyclic) bond motifs is 1. The van der Waals surface area contributed by atoms with Gasteiger partial charge in [-0.05, 0) is 25.1 Å². The quantitative estimate of drug-likeness (QED) is 0.654. The summed E-state index contributed by atoms with van der Waals surface area (Å²) in [5.41, 5.74) is 1.99. The number of hydrogen-bond donors (Lipinski definition) is 1. The molecule has 0 bridgehead atoms. The molecule has 2 aromatic heterocycles. The standard InChI is InChI=1S/C17H17BrN4O2/c1-2-24-17(23)14-10-21-15-4-3-12(18)9-13(15)16(14)20-6-8-22-7-5-19-11-22/h3-5,7,9-11H,2,6,8H2,1H3,(H,20,21). The summed E-state index contributed by atoms with van der Waals surface area (Å²) in [5, 5.41) is 4.23. The number of anilines is 1. The number of nitrogens with one attached hydrogen (secondary N) is 1. The number of rotatable bonds is 6. The molecule has 6 nitrogen and oxygen atoms in total. The lowest BCUT2D eigenvalue weighted by atomic mass is 10.1. The van der Waals surface area contributed by atoms with Crippen LogP contribution in [0, 0.1) is 0 Å². The minimum Gasteiger partial charge on any atom is -0.462 e. The second-order valence-electron chi connectivity index (χ2n) is 5.16. The Hall–Kier alpha value is -2.41. The SMILES string of the molecule is CCOC(=O)c1cnc2ccc(Br)cc2c1NCCn1ccnc1. The maximum atomic E-state index is 12.3. The molecule has 24 heavy (non-hydrogen) atoms. The first-order valence-corrected chi connectivity index (χ1v) is 8.43. The maximum absolute atomic E-state index is 12.3. The molecule has 0 radical (unpaired) electrons. The van der Waals surface area contributed by atoms with Gasteiger partial charge in [0.1, 0.15) is 5.56 Å². The van der Waals surface area contributed by atoms with Crippen LogP contribution < -0.4 is 5.32 Å². The Morgan fingerprint density at radius 3 is 3.04 bits per heavy atom. The summed E-state index contributed by atoms with van der Waals surface area (Å²) >= 11 is 3.47. The van der Waals surface area contributed by atoms with Crippen LogP contribution in [0.3, 0.4) is 0 Å². The summed E-state index contributed by atoms with van der Waals surface area (Å²) in [6.07, 6.45) is 6.96. The molecule has 0 aliphatic heterocycles. The van der Waals surface area contributed by atoms with Gasteiger partial charge in [-0.1, -0.05) is 15.9 Å². The number of ether oxygens (including phenoxy) is 1. The third kappa shape index (κ3) is 3.56. The van der Waals surface area contributed by atoms with Crippen LogP contribution in [0.15, 0.2) is 47.6 Å². The number of halogens is 1. The molecule has 124 valence electrons. The highest BCUT2D eigenvalue weighted by Gasteiger charge is 2.16. The Morgan fingerprint density at radius 2 is 2.29 bits per heavy atom. The van der Waals surface area contributed by atoms with Crippen LogP contribution in [0.25, 0.3) is 10.9 Å². The van der Waals surface area contributed by atoms with Crippen molar-refractivity contribution in [1.82, 2.24) is 14.5 Å². The van der Waals surface area contributed by atoms with Crippen molar-refractivity contribution in [2.24, 2.45) is 0 Å². The fraction of sp³-hybridized carbons (Fsp3) is 0.235. The van der Waals surface area contributed by atoms with Crippen LogP contribution in [0.2, 0.25) is 0 Å². The van der Waals surface area contributed by atoms with E-state index in [-0.39, 0.29) is 5.97 Å². The molecule has 0 spiro atoms. The van der Waals surface area contributed by atoms with Crippen LogP contribution in [-0.4, -0.2) is 33.7 Å². The monoisotopic (exact) mass is 388 g/mol. The summed E-state index contributed by atoms with van der Waals surface area (Å²) in [5.74, 6) is -0.378. The highest BCUT2D eigenvalue weighted by atomic mass is 79.9. The second kappa shape index (κ2) is 7.44. The van der Waals surface area contributed by atoms with Crippen LogP contribution in [0.4, 0.5) is 5.69 Å². The summed E-state index contributed by atoms with van der Waals surface area (Å²) in [6.45, 7) is 3.49. The van der Waals surface area contributed by atoms with E-state index in [9.17, 15) is 4.79 Å². The zero-order valence-corrected chi connectivity index (χ0v) is 14.8. The molecule has 0 amide bonds. The summed E-state index contributed by atoms with van der Waals surface area (Å²) < 4.78 is 8.05. The van der Waals surface area contributed by atoms with Crippen molar-refractivity contribution in [3.8, 4) is 0 Å². The van der Waals surface area contributed by atoms with E-state index < -0.39 is 0 Å². The van der Waals surface area contributed by atoms with Crippen molar-refractivity contribution in [2.75, 3.05) is 18.5 Å². The predicted octanol–water partition coefficient (Wildman–Crippen LogP) is 3.48. The van der Waals surface area contributed by atoms with E-state index in [1.807, 2.05) is 29.0 Å². The average Bonchev–Trinajstić information content (AvgIpc) is 3.08. The topological polar surface area (TPSA) is 69.0 Å². The molecule has 0 unspecified atom stereocenters. The predicted molar refractivity (Wildman–Crippen MR) is 96.1 cm³/mol. The van der Waals surface area contributed by atoms with E-state index in [1.54, 1.807) is 25.6 Å². The van der Waals surface area contributed by atoms with Crippen molar-refractivity contribution in [3.05, 3.63) is 53.2 Å². The van der Waals surface area contributed by atoms with Gasteiger partial charge >= 0.3 is 5.97 Å². The van der Waals surface area contributed by atoms with E-state index in [0.29, 0.717) is 18.7 Å². The molecule has 7 heteroatoms. The molecule has 3 aromatic rings. The van der Waals surface area contributed by atoms with Crippen molar-refractivity contribution in [3.63, 3.8) is 0 Å². The van der Waals surface area contributed by atoms with E-state index in [2.05, 4.69) is 31.2 Å². The van der Waals surface area contributed by atoms with Gasteiger partial charge in [0.25, 0.3) is 0 Å². The summed E-state index contributed by atoms with van der Waals surface area (Å²) in [4.78, 5) is 20.6. The van der Waals surface area contributed by atoms with Gasteiger partial charge in [-0.25, -0.2) is 9.78 Å². The Balaban J connectivity index is 1.94. The first-order valence-electron chi connectivity index (χ1n) is 7.64. The zero-order valence-electron chi connectivity index (χ0n) is 13.2. The molecular weight excluding hydrogens is 372 g/mol. The van der Waals surface area contributed by atoms with E-state index >= 15 is 0 Å². The van der Waals surface area contributed by atoms with Gasteiger partial charge in [-0.2, -0.15) is 0 Å². The Bertz CT molecular complexity index is 849. The largest absolute Gasteiger partial charge is 0.462 e. The van der Waals surface area contributed by atoms with Gasteiger partial charge in [-0.15, -0.1) is 0 Å². The number of aromatic nitrogens is 3. The molecule has 0 atom stereocenters. The van der Waals surface area contributed by atoms with E-state index in [1.165, 1.54) is 0 Å². The lowest BCUT2D eigenvalue weighted by molar-refractivity contribution is 0.0527. The Labute approximate surface area is 148 Å². The van der Waals surface area contributed by atoms with Crippen LogP contribution in [-0.2, 0) is 11.3 Å². The Morgan fingerprint density at radius 1 is 1.42 bits per heavy atom. The second-order valence-corrected chi connectivity index (χ2v) is 6.07. The number of carbonyl (C=O) groups excluding carboxylic acids is 1. The molecule has 0 aliphatic carbocycles. The Kier molecular flexibility index (Phi) is 5.10. The smallest absolute Gasteiger partial charge is 0.341 e. The lowest BCUT2D eigenvalue weighted by Crippen LogP contribution is -2.14. The third-order valence-corrected chi connectivity index (χ3v) is 4.05. The fourth-order valence-corrected chi connectivity index (χ4v) is 2.81. The molecule has 1 N–H and O–H groups in total. The first kappa shape index (κ1) is 16.4. The minimum absolute atomic E-state index is 0.323. The van der Waals surface area contributed by atoms with Gasteiger partial charge in [-0.3, -0.25) is 4.98 Å². The van der Waals surface area contributed by atoms with Crippen molar-refractivity contribution in [2.45, 2.75) is 13.5 Å². The number of imidazole rings is 1. The molecule has 0 saturated heterocycles. The summed E-state index contributed by atoms with van der Waals surface area (Å²) in [6, 6.07) is 5.79. The summed E-state index contributed by atoms with van der Waals surface area (Å²) in [7, 11) is 0. The molecule has 0 aliphatic rings. The zero-order chi connectivity index (χ0) is 16.9. The van der Waals surface area contributed by atoms with Crippen LogP contribution in [0.1, 0.15) is 17.3 Å². The molecular formula is C17H17BrN4O2. The van der Waals surface area contributed by atoms with E-state index in [4.69, 9.17) is 4.74 Å². The molecule has 0 saturated carbocycles. The molecule has 1 aromatic carbocycles. The molecule has 3 rings (SSSR count). The van der Waals surface area contributed by atoms with Gasteiger partial charge in [0.15, 0.2) is 0 Å². The lowest BCUT2D eigenvalue weighted by Gasteiger charge is -2.14. The molecule has 2 heterocycles. The van der Waals surface area contributed by atoms with Crippen LogP contribution in [0.5, 0.6) is 0 Å². The van der Waals surface area contributed by atoms with Crippen molar-refractivity contribution >= 4 is 38.5 Å². The average molecular weight is 389 g/mol. The van der Waals surface area contributed by atoms with Gasteiger partial charge < -0.3 is 14.6 Å². The van der Waals surface area contributed by atoms with Crippen molar-refractivity contribution < 1.29 is 9.53 Å². The fourth-order valence-electron chi connectivity index (χ4n) is 2.45. The number of nitrogens with zero attached hydrogens (tertiary/aromatic N) is 3. The van der Waals surface area contributed by atoms with E-state index in [0.717, 1.165) is 27.6 Å². The van der Waals surface area contributed by atoms with Gasteiger partial charge in [0.05, 0.1) is 24.1 Å². The number of esters is 1. The van der Waals surface area contributed by atoms with Gasteiger partial charge in [0, 0.05) is 41.5 Å². The van der Waals surface area contributed by atoms with Crippen LogP contribution >= 0.6 is 15.9 Å². The highest BCUT2D eigenvalue weighted by Crippen LogP contribution is 2.29. The third-order valence-electron chi connectivity index (χ3n) is 3.56. The maximum Gasteiger partial charge on any atom is 0.341 e.